The van der Waals surface area contributed by atoms with Crippen molar-refractivity contribution in [2.75, 3.05) is 0 Å². The molecule has 0 aliphatic carbocycles. The van der Waals surface area contributed by atoms with Crippen molar-refractivity contribution in [1.29, 1.82) is 0 Å². The Bertz CT molecular complexity index is 246. The fourth-order valence-electron chi connectivity index (χ4n) is 0.548. The van der Waals surface area contributed by atoms with Crippen LogP contribution in [0.15, 0.2) is 18.2 Å². The van der Waals surface area contributed by atoms with Gasteiger partial charge in [0.2, 0.25) is 0 Å². The smallest absolute Gasteiger partial charge is 0.394 e. The van der Waals surface area contributed by atoms with Gasteiger partial charge in [-0.25, -0.2) is 0 Å². The molecule has 7 radical (unpaired) electrons. The van der Waals surface area contributed by atoms with Gasteiger partial charge in [-0.3, -0.25) is 0 Å². The molecular formula is C9H12BrCl2MgO+2. The monoisotopic (exact) mass is 309 g/mol. The van der Waals surface area contributed by atoms with Crippen molar-refractivity contribution in [2.45, 2.75) is 20.0 Å². The highest BCUT2D eigenvalue weighted by atomic mass is 79.9. The second-order valence-corrected chi connectivity index (χ2v) is 4.35. The molecule has 1 aromatic rings. The first-order chi connectivity index (χ1) is 5.95. The molecule has 0 aliphatic rings. The van der Waals surface area contributed by atoms with Gasteiger partial charge in [0.1, 0.15) is 5.02 Å². The van der Waals surface area contributed by atoms with E-state index >= 15 is 0 Å². The van der Waals surface area contributed by atoms with Crippen molar-refractivity contribution in [3.63, 3.8) is 0 Å². The molecule has 0 aromatic heterocycles. The van der Waals surface area contributed by atoms with Crippen LogP contribution in [0.5, 0.6) is 0 Å². The number of halogens is 3. The Hall–Kier alpha value is 1.01. The summed E-state index contributed by atoms with van der Waals surface area (Å²) >= 11 is 13.2. The molecule has 0 unspecified atom stereocenters. The Labute approximate surface area is 118 Å². The zero-order valence-corrected chi connectivity index (χ0v) is 12.8. The molecule has 0 fully saturated rings. The van der Waals surface area contributed by atoms with Crippen molar-refractivity contribution >= 4 is 65.6 Å². The molecule has 0 aliphatic heterocycles. The SMILES string of the molecule is Br.CC(C)O.[Mg+2][c]1cccc(Cl)c1Cl. The highest BCUT2D eigenvalue weighted by Crippen LogP contribution is 2.17. The van der Waals surface area contributed by atoms with E-state index in [2.05, 4.69) is 0 Å². The summed E-state index contributed by atoms with van der Waals surface area (Å²) in [7, 11) is 0. The van der Waals surface area contributed by atoms with Gasteiger partial charge in [0.05, 0.1) is 5.02 Å². The molecule has 1 nitrogen and oxygen atoms in total. The van der Waals surface area contributed by atoms with Crippen LogP contribution in [0.3, 0.4) is 0 Å². The van der Waals surface area contributed by atoms with Gasteiger partial charge < -0.3 is 5.11 Å². The summed E-state index contributed by atoms with van der Waals surface area (Å²) < 4.78 is 1.05. The largest absolute Gasteiger partial charge is 1.47 e. The molecule has 1 rings (SSSR count). The second-order valence-electron chi connectivity index (χ2n) is 2.81. The predicted molar refractivity (Wildman–Crippen MR) is 69.5 cm³/mol. The van der Waals surface area contributed by atoms with E-state index in [-0.39, 0.29) is 23.1 Å². The topological polar surface area (TPSA) is 20.2 Å². The van der Waals surface area contributed by atoms with Crippen LogP contribution in [-0.2, 0) is 0 Å². The zero-order valence-electron chi connectivity index (χ0n) is 8.13. The second kappa shape index (κ2) is 9.25. The first kappa shape index (κ1) is 17.4. The summed E-state index contributed by atoms with van der Waals surface area (Å²) in [5, 5.41) is 9.35. The van der Waals surface area contributed by atoms with Crippen LogP contribution in [0, 0.1) is 0 Å². The maximum Gasteiger partial charge on any atom is 1.47 e. The van der Waals surface area contributed by atoms with Crippen LogP contribution >= 0.6 is 40.2 Å². The Morgan fingerprint density at radius 1 is 1.29 bits per heavy atom. The van der Waals surface area contributed by atoms with Gasteiger partial charge in [-0.05, 0) is 19.9 Å². The average molecular weight is 311 g/mol. The summed E-state index contributed by atoms with van der Waals surface area (Å²) in [6.07, 6.45) is -0.167. The minimum Gasteiger partial charge on any atom is -0.394 e. The molecule has 5 heteroatoms. The molecule has 1 aromatic carbocycles. The Balaban J connectivity index is 0. The van der Waals surface area contributed by atoms with Crippen LogP contribution in [-0.4, -0.2) is 32.9 Å². The lowest BCUT2D eigenvalue weighted by Gasteiger charge is -1.84. The van der Waals surface area contributed by atoms with E-state index in [1.165, 1.54) is 0 Å². The number of benzene rings is 1. The summed E-state index contributed by atoms with van der Waals surface area (Å²) in [6.45, 7) is 3.44. The molecule has 0 atom stereocenters. The van der Waals surface area contributed by atoms with Gasteiger partial charge in [-0.2, -0.15) is 0 Å². The molecule has 0 amide bonds. The van der Waals surface area contributed by atoms with E-state index in [0.29, 0.717) is 10.0 Å². The fraction of sp³-hybridized carbons (Fsp3) is 0.333. The minimum atomic E-state index is -0.167. The Kier molecular flexibility index (Phi) is 11.5. The highest BCUT2D eigenvalue weighted by molar-refractivity contribution is 8.93. The fourth-order valence-corrected chi connectivity index (χ4v) is 1.31. The van der Waals surface area contributed by atoms with Gasteiger partial charge in [0, 0.05) is 12.2 Å². The van der Waals surface area contributed by atoms with E-state index < -0.39 is 0 Å². The number of rotatable bonds is 0. The third-order valence-corrected chi connectivity index (χ3v) is 2.70. The zero-order chi connectivity index (χ0) is 10.4. The van der Waals surface area contributed by atoms with E-state index in [9.17, 15) is 0 Å². The molecule has 0 saturated carbocycles. The van der Waals surface area contributed by atoms with E-state index in [1.807, 2.05) is 12.1 Å². The summed E-state index contributed by atoms with van der Waals surface area (Å²) in [5.74, 6) is 0. The van der Waals surface area contributed by atoms with Crippen LogP contribution < -0.4 is 3.69 Å². The minimum absolute atomic E-state index is 0. The van der Waals surface area contributed by atoms with Crippen molar-refractivity contribution in [3.8, 4) is 0 Å². The normalized spacial score (nSPS) is 8.79. The van der Waals surface area contributed by atoms with Gasteiger partial charge in [-0.1, -0.05) is 29.3 Å². The summed E-state index contributed by atoms with van der Waals surface area (Å²) in [4.78, 5) is 0. The molecule has 0 heterocycles. The molecule has 0 spiro atoms. The number of hydrogen-bond acceptors (Lipinski definition) is 1. The lowest BCUT2D eigenvalue weighted by Crippen LogP contribution is -2.02. The standard InChI is InChI=1S/C6H3Cl2.C3H8O.BrH.Mg/c7-5-3-1-2-4-6(5)8;1-3(2)4;;/h1-3H;3-4H,1-2H3;1H;/q;;;+2. The van der Waals surface area contributed by atoms with Crippen molar-refractivity contribution in [3.05, 3.63) is 28.2 Å². The third-order valence-electron chi connectivity index (χ3n) is 1.03. The summed E-state index contributed by atoms with van der Waals surface area (Å²) in [5.41, 5.74) is 0. The van der Waals surface area contributed by atoms with Gasteiger partial charge in [0.25, 0.3) is 0 Å². The first-order valence-corrected chi connectivity index (χ1v) is 5.35. The van der Waals surface area contributed by atoms with Crippen molar-refractivity contribution < 1.29 is 5.11 Å². The molecule has 1 N–H and O–H groups in total. The quantitative estimate of drug-likeness (QED) is 0.731. The van der Waals surface area contributed by atoms with Crippen LogP contribution in [0.25, 0.3) is 0 Å². The molecule has 0 bridgehead atoms. The lowest BCUT2D eigenvalue weighted by molar-refractivity contribution is 0.216. The highest BCUT2D eigenvalue weighted by Gasteiger charge is 2.35. The predicted octanol–water partition coefficient (Wildman–Crippen LogP) is 2.75. The number of hydrogen-bond donors (Lipinski definition) is 1. The molecular weight excluding hydrogens is 299 g/mol. The maximum absolute atomic E-state index is 8.06. The van der Waals surface area contributed by atoms with Crippen LogP contribution in [0.4, 0.5) is 0 Å². The maximum atomic E-state index is 8.06. The van der Waals surface area contributed by atoms with Gasteiger partial charge in [-0.15, -0.1) is 17.0 Å². The van der Waals surface area contributed by atoms with E-state index in [0.717, 1.165) is 3.69 Å². The Morgan fingerprint density at radius 2 is 1.71 bits per heavy atom. The molecule has 75 valence electrons. The first-order valence-electron chi connectivity index (χ1n) is 3.89. The van der Waals surface area contributed by atoms with Crippen LogP contribution in [0.1, 0.15) is 13.8 Å². The summed E-state index contributed by atoms with van der Waals surface area (Å²) in [6, 6.07) is 5.60. The lowest BCUT2D eigenvalue weighted by atomic mass is 10.4. The van der Waals surface area contributed by atoms with E-state index in [4.69, 9.17) is 28.3 Å². The average Bonchev–Trinajstić information content (AvgIpc) is 1.99. The van der Waals surface area contributed by atoms with E-state index in [1.54, 1.807) is 41.6 Å². The molecule has 14 heavy (non-hydrogen) atoms. The van der Waals surface area contributed by atoms with Crippen molar-refractivity contribution in [2.24, 2.45) is 0 Å². The number of aliphatic hydroxyl groups excluding tert-OH is 1. The van der Waals surface area contributed by atoms with Gasteiger partial charge in [0.15, 0.2) is 0 Å². The Morgan fingerprint density at radius 3 is 2.00 bits per heavy atom. The van der Waals surface area contributed by atoms with Crippen molar-refractivity contribution in [1.82, 2.24) is 0 Å². The van der Waals surface area contributed by atoms with Gasteiger partial charge >= 0.3 is 25.4 Å². The third kappa shape index (κ3) is 8.33. The molecule has 0 saturated heterocycles. The number of aliphatic hydroxyl groups is 1. The van der Waals surface area contributed by atoms with Crippen LogP contribution in [0.2, 0.25) is 10.0 Å².